The number of rotatable bonds is 5. The van der Waals surface area contributed by atoms with Crippen molar-refractivity contribution in [2.75, 3.05) is 24.1 Å². The van der Waals surface area contributed by atoms with E-state index in [1.807, 2.05) is 12.1 Å². The number of nitrogens with zero attached hydrogens (tertiary/aromatic N) is 6. The second-order valence-corrected chi connectivity index (χ2v) is 10.9. The number of alkyl halides is 3. The number of nitrogens with one attached hydrogen (secondary N) is 2. The molecule has 0 aliphatic carbocycles. The number of benzene rings is 2. The number of pyridine rings is 1. The first-order chi connectivity index (χ1) is 21.5. The van der Waals surface area contributed by atoms with E-state index < -0.39 is 17.8 Å². The Bertz CT molecular complexity index is 1890. The number of carbonyl (C=O) groups excluding carboxylic acids is 2. The molecule has 0 bridgehead atoms. The Morgan fingerprint density at radius 2 is 1.78 bits per heavy atom. The number of hydrogen-bond donors (Lipinski definition) is 3. The molecule has 232 valence electrons. The summed E-state index contributed by atoms with van der Waals surface area (Å²) in [4.78, 5) is 30.8. The number of fused-ring (bicyclic) bond motifs is 1. The van der Waals surface area contributed by atoms with Gasteiger partial charge in [0.2, 0.25) is 5.91 Å². The summed E-state index contributed by atoms with van der Waals surface area (Å²) in [6, 6.07) is 13.3. The molecular formula is C31H30F3N9O2. The zero-order valence-corrected chi connectivity index (χ0v) is 24.5. The molecule has 4 heterocycles. The van der Waals surface area contributed by atoms with Crippen LogP contribution in [0.25, 0.3) is 33.7 Å². The van der Waals surface area contributed by atoms with Crippen LogP contribution < -0.4 is 16.4 Å². The van der Waals surface area contributed by atoms with Crippen molar-refractivity contribution in [1.82, 2.24) is 34.6 Å². The average molecular weight is 618 g/mol. The number of hydrogen-bond acceptors (Lipinski definition) is 6. The predicted molar refractivity (Wildman–Crippen MR) is 163 cm³/mol. The zero-order chi connectivity index (χ0) is 31.9. The van der Waals surface area contributed by atoms with Crippen LogP contribution in [0.1, 0.15) is 30.9 Å². The second kappa shape index (κ2) is 11.6. The van der Waals surface area contributed by atoms with Crippen LogP contribution in [0.4, 0.5) is 29.6 Å². The SMILES string of the molecule is CC(=O)N1CCC(NC(=O)Nc2nc3c(-c4cccc(C(F)(F)F)c4)c(C)c(-c4ccnn4-c4ccc(N)cc4)cn3n2)CC1. The van der Waals surface area contributed by atoms with Crippen LogP contribution in [-0.4, -0.2) is 60.3 Å². The molecule has 1 saturated heterocycles. The molecule has 0 radical (unpaired) electrons. The van der Waals surface area contributed by atoms with Crippen LogP contribution in [0.3, 0.4) is 0 Å². The minimum atomic E-state index is -4.55. The van der Waals surface area contributed by atoms with Crippen LogP contribution in [0, 0.1) is 6.92 Å². The van der Waals surface area contributed by atoms with Gasteiger partial charge in [0.15, 0.2) is 5.65 Å². The Balaban J connectivity index is 1.40. The molecule has 14 heteroatoms. The molecule has 3 aromatic heterocycles. The minimum absolute atomic E-state index is 0.00504. The van der Waals surface area contributed by atoms with E-state index in [0.29, 0.717) is 54.0 Å². The first kappa shape index (κ1) is 29.7. The monoisotopic (exact) mass is 617 g/mol. The maximum Gasteiger partial charge on any atom is 0.416 e. The standard InChI is InChI=1S/C31H30F3N9O2/c1-18-25(26-10-13-36-43(26)24-8-6-22(35)7-9-24)17-42-28(27(18)20-4-3-5-21(16-20)31(32,33)34)38-29(40-42)39-30(45)37-23-11-14-41(15-12-23)19(2)44/h3-10,13,16-17,23H,11-12,14-15,35H2,1-2H3,(H2,37,39,40,45). The molecule has 11 nitrogen and oxygen atoms in total. The third-order valence-corrected chi connectivity index (χ3v) is 7.92. The average Bonchev–Trinajstić information content (AvgIpc) is 3.64. The summed E-state index contributed by atoms with van der Waals surface area (Å²) in [6.45, 7) is 4.40. The molecule has 45 heavy (non-hydrogen) atoms. The van der Waals surface area contributed by atoms with Gasteiger partial charge in [-0.25, -0.2) is 14.0 Å². The molecule has 6 rings (SSSR count). The summed E-state index contributed by atoms with van der Waals surface area (Å²) in [5.74, 6) is -0.0277. The Labute approximate surface area is 255 Å². The van der Waals surface area contributed by atoms with E-state index in [4.69, 9.17) is 5.73 Å². The van der Waals surface area contributed by atoms with Crippen LogP contribution >= 0.6 is 0 Å². The third-order valence-electron chi connectivity index (χ3n) is 7.92. The molecule has 0 atom stereocenters. The van der Waals surface area contributed by atoms with Crippen LogP contribution in [0.5, 0.6) is 0 Å². The van der Waals surface area contributed by atoms with Crippen molar-refractivity contribution in [1.29, 1.82) is 0 Å². The van der Waals surface area contributed by atoms with E-state index in [9.17, 15) is 22.8 Å². The van der Waals surface area contributed by atoms with Crippen molar-refractivity contribution < 1.29 is 22.8 Å². The molecular weight excluding hydrogens is 587 g/mol. The van der Waals surface area contributed by atoms with Crippen molar-refractivity contribution in [2.45, 2.75) is 38.9 Å². The number of amides is 3. The van der Waals surface area contributed by atoms with Crippen molar-refractivity contribution in [2.24, 2.45) is 0 Å². The fraction of sp³-hybridized carbons (Fsp3) is 0.258. The van der Waals surface area contributed by atoms with Gasteiger partial charge in [0.05, 0.1) is 23.1 Å². The number of piperidine rings is 1. The van der Waals surface area contributed by atoms with Gasteiger partial charge in [-0.1, -0.05) is 12.1 Å². The van der Waals surface area contributed by atoms with Gasteiger partial charge in [-0.05, 0) is 73.4 Å². The fourth-order valence-electron chi connectivity index (χ4n) is 5.60. The molecule has 1 fully saturated rings. The minimum Gasteiger partial charge on any atom is -0.399 e. The lowest BCUT2D eigenvalue weighted by molar-refractivity contribution is -0.137. The smallest absolute Gasteiger partial charge is 0.399 e. The largest absolute Gasteiger partial charge is 0.416 e. The van der Waals surface area contributed by atoms with Gasteiger partial charge in [-0.15, -0.1) is 5.10 Å². The summed E-state index contributed by atoms with van der Waals surface area (Å²) in [6.07, 6.45) is -0.00528. The summed E-state index contributed by atoms with van der Waals surface area (Å²) in [5.41, 5.74) is 9.29. The summed E-state index contributed by atoms with van der Waals surface area (Å²) < 4.78 is 44.4. The lowest BCUT2D eigenvalue weighted by atomic mass is 9.95. The molecule has 0 unspecified atom stereocenters. The molecule has 0 saturated carbocycles. The van der Waals surface area contributed by atoms with E-state index >= 15 is 0 Å². The highest BCUT2D eigenvalue weighted by Crippen LogP contribution is 2.38. The van der Waals surface area contributed by atoms with Gasteiger partial charge in [0.25, 0.3) is 5.95 Å². The first-order valence-electron chi connectivity index (χ1n) is 14.3. The normalized spacial score (nSPS) is 14.1. The Morgan fingerprint density at radius 3 is 2.47 bits per heavy atom. The van der Waals surface area contributed by atoms with Crippen LogP contribution in [-0.2, 0) is 11.0 Å². The van der Waals surface area contributed by atoms with Gasteiger partial charge >= 0.3 is 12.2 Å². The number of urea groups is 1. The van der Waals surface area contributed by atoms with Crippen molar-refractivity contribution in [3.8, 4) is 28.1 Å². The summed E-state index contributed by atoms with van der Waals surface area (Å²) in [5, 5.41) is 14.5. The van der Waals surface area contributed by atoms with E-state index in [-0.39, 0.29) is 29.1 Å². The Kier molecular flexibility index (Phi) is 7.64. The predicted octanol–water partition coefficient (Wildman–Crippen LogP) is 5.29. The quantitative estimate of drug-likeness (QED) is 0.230. The molecule has 3 amide bonds. The highest BCUT2D eigenvalue weighted by atomic mass is 19.4. The number of carbonyl (C=O) groups is 2. The van der Waals surface area contributed by atoms with E-state index in [1.165, 1.54) is 17.5 Å². The topological polar surface area (TPSA) is 135 Å². The highest BCUT2D eigenvalue weighted by Gasteiger charge is 2.31. The Hall–Kier alpha value is -5.40. The number of anilines is 2. The lowest BCUT2D eigenvalue weighted by Gasteiger charge is -2.31. The second-order valence-electron chi connectivity index (χ2n) is 10.9. The molecule has 1 aliphatic rings. The van der Waals surface area contributed by atoms with Crippen molar-refractivity contribution in [3.05, 3.63) is 78.1 Å². The van der Waals surface area contributed by atoms with Crippen molar-refractivity contribution in [3.63, 3.8) is 0 Å². The van der Waals surface area contributed by atoms with Gasteiger partial charge < -0.3 is 16.0 Å². The molecule has 4 N–H and O–H groups in total. The van der Waals surface area contributed by atoms with E-state index in [2.05, 4.69) is 25.8 Å². The zero-order valence-electron chi connectivity index (χ0n) is 24.5. The highest BCUT2D eigenvalue weighted by molar-refractivity contribution is 5.90. The molecule has 1 aliphatic heterocycles. The summed E-state index contributed by atoms with van der Waals surface area (Å²) in [7, 11) is 0. The fourth-order valence-corrected chi connectivity index (χ4v) is 5.60. The number of aromatic nitrogens is 5. The molecule has 0 spiro atoms. The Morgan fingerprint density at radius 1 is 1.04 bits per heavy atom. The van der Waals surface area contributed by atoms with Gasteiger partial charge in [-0.3, -0.25) is 10.1 Å². The van der Waals surface area contributed by atoms with Gasteiger partial charge in [0, 0.05) is 49.1 Å². The van der Waals surface area contributed by atoms with Crippen LogP contribution in [0.2, 0.25) is 0 Å². The molecule has 2 aromatic carbocycles. The maximum absolute atomic E-state index is 13.7. The van der Waals surface area contributed by atoms with Crippen molar-refractivity contribution >= 4 is 29.2 Å². The van der Waals surface area contributed by atoms with Crippen LogP contribution in [0.15, 0.2) is 67.0 Å². The van der Waals surface area contributed by atoms with E-state index in [1.54, 1.807) is 53.2 Å². The molecule has 5 aromatic rings. The number of likely N-dealkylation sites (tertiary alicyclic amines) is 1. The first-order valence-corrected chi connectivity index (χ1v) is 14.3. The maximum atomic E-state index is 13.7. The number of nitrogens with two attached hydrogens (primary N) is 1. The van der Waals surface area contributed by atoms with Gasteiger partial charge in [-0.2, -0.15) is 23.3 Å². The summed E-state index contributed by atoms with van der Waals surface area (Å²) >= 11 is 0. The van der Waals surface area contributed by atoms with E-state index in [0.717, 1.165) is 17.8 Å². The third kappa shape index (κ3) is 6.03. The number of halogens is 3. The number of nitrogen functional groups attached to an aromatic ring is 1. The lowest BCUT2D eigenvalue weighted by Crippen LogP contribution is -2.47. The van der Waals surface area contributed by atoms with Gasteiger partial charge in [0.1, 0.15) is 0 Å².